The van der Waals surface area contributed by atoms with Gasteiger partial charge in [0.25, 0.3) is 0 Å². The van der Waals surface area contributed by atoms with Crippen LogP contribution in [0.3, 0.4) is 0 Å². The number of hydrogen-bond acceptors (Lipinski definition) is 3. The maximum Gasteiger partial charge on any atom is 0.345 e. The van der Waals surface area contributed by atoms with Crippen molar-refractivity contribution in [3.8, 4) is 5.75 Å². The minimum absolute atomic E-state index is 0.0209. The first-order valence-corrected chi connectivity index (χ1v) is 8.41. The maximum absolute atomic E-state index is 12.3. The highest BCUT2D eigenvalue weighted by atomic mass is 19.3. The number of amides is 1. The molecular formula is C19H21F2NO3. The Labute approximate surface area is 145 Å². The van der Waals surface area contributed by atoms with E-state index in [0.717, 1.165) is 16.3 Å². The second-order valence-electron chi connectivity index (χ2n) is 6.38. The molecule has 1 aliphatic rings. The molecule has 0 aliphatic carbocycles. The Morgan fingerprint density at radius 3 is 2.88 bits per heavy atom. The van der Waals surface area contributed by atoms with Crippen molar-refractivity contribution in [1.82, 2.24) is 4.90 Å². The van der Waals surface area contributed by atoms with E-state index in [1.54, 1.807) is 4.90 Å². The Kier molecular flexibility index (Phi) is 5.48. The number of hydrogen-bond donors (Lipinski definition) is 1. The van der Waals surface area contributed by atoms with Gasteiger partial charge < -0.3 is 14.7 Å². The zero-order valence-electron chi connectivity index (χ0n) is 13.8. The first kappa shape index (κ1) is 17.6. The molecule has 2 aromatic carbocycles. The number of benzene rings is 2. The normalized spacial score (nSPS) is 17.6. The quantitative estimate of drug-likeness (QED) is 0.867. The summed E-state index contributed by atoms with van der Waals surface area (Å²) in [4.78, 5) is 14.0. The third-order valence-electron chi connectivity index (χ3n) is 4.69. The molecule has 4 nitrogen and oxygen atoms in total. The van der Waals surface area contributed by atoms with Gasteiger partial charge in [0, 0.05) is 30.8 Å². The van der Waals surface area contributed by atoms with Crippen molar-refractivity contribution in [2.75, 3.05) is 19.7 Å². The standard InChI is InChI=1S/C19H21F2NO3/c20-19(21)25-12-13-9-10-22(11-13)17(23)8-7-15-6-5-14-3-1-2-4-16(14)18(15)24/h1-6,13,19,24H,7-12H2. The Morgan fingerprint density at radius 1 is 1.28 bits per heavy atom. The zero-order chi connectivity index (χ0) is 17.8. The molecule has 0 radical (unpaired) electrons. The molecule has 1 saturated heterocycles. The molecule has 3 rings (SSSR count). The molecule has 1 atom stereocenters. The molecule has 0 aromatic heterocycles. The van der Waals surface area contributed by atoms with Gasteiger partial charge in [-0.05, 0) is 23.8 Å². The number of aryl methyl sites for hydroxylation is 1. The van der Waals surface area contributed by atoms with Gasteiger partial charge in [-0.25, -0.2) is 0 Å². The maximum atomic E-state index is 12.3. The molecule has 1 heterocycles. The molecule has 1 amide bonds. The van der Waals surface area contributed by atoms with Gasteiger partial charge >= 0.3 is 6.61 Å². The number of phenolic OH excluding ortho intramolecular Hbond substituents is 1. The lowest BCUT2D eigenvalue weighted by atomic mass is 10.0. The lowest BCUT2D eigenvalue weighted by Gasteiger charge is -2.17. The van der Waals surface area contributed by atoms with Gasteiger partial charge in [0.1, 0.15) is 5.75 Å². The van der Waals surface area contributed by atoms with Crippen LogP contribution in [0.4, 0.5) is 8.78 Å². The van der Waals surface area contributed by atoms with Crippen LogP contribution in [-0.2, 0) is 16.0 Å². The number of carbonyl (C=O) groups excluding carboxylic acids is 1. The van der Waals surface area contributed by atoms with Crippen LogP contribution in [0.2, 0.25) is 0 Å². The van der Waals surface area contributed by atoms with Crippen molar-refractivity contribution in [3.63, 3.8) is 0 Å². The van der Waals surface area contributed by atoms with E-state index in [-0.39, 0.29) is 30.6 Å². The molecule has 0 saturated carbocycles. The van der Waals surface area contributed by atoms with E-state index in [1.165, 1.54) is 0 Å². The Bertz CT molecular complexity index is 751. The summed E-state index contributed by atoms with van der Waals surface area (Å²) in [6, 6.07) is 11.3. The van der Waals surface area contributed by atoms with Gasteiger partial charge in [0.2, 0.25) is 5.91 Å². The zero-order valence-corrected chi connectivity index (χ0v) is 13.8. The van der Waals surface area contributed by atoms with Crippen LogP contribution in [0.25, 0.3) is 10.8 Å². The highest BCUT2D eigenvalue weighted by molar-refractivity contribution is 5.89. The fourth-order valence-corrected chi connectivity index (χ4v) is 3.31. The summed E-state index contributed by atoms with van der Waals surface area (Å²) >= 11 is 0. The molecule has 1 N–H and O–H groups in total. The number of alkyl halides is 2. The molecule has 1 fully saturated rings. The van der Waals surface area contributed by atoms with Gasteiger partial charge in [-0.3, -0.25) is 4.79 Å². The van der Waals surface area contributed by atoms with Crippen LogP contribution >= 0.6 is 0 Å². The van der Waals surface area contributed by atoms with Crippen molar-refractivity contribution < 1.29 is 23.4 Å². The predicted molar refractivity (Wildman–Crippen MR) is 90.6 cm³/mol. The molecule has 1 unspecified atom stereocenters. The van der Waals surface area contributed by atoms with Crippen molar-refractivity contribution in [3.05, 3.63) is 42.0 Å². The van der Waals surface area contributed by atoms with Gasteiger partial charge in [0.05, 0.1) is 6.61 Å². The molecule has 0 spiro atoms. The minimum atomic E-state index is -2.76. The molecular weight excluding hydrogens is 328 g/mol. The molecule has 25 heavy (non-hydrogen) atoms. The summed E-state index contributed by atoms with van der Waals surface area (Å²) < 4.78 is 28.5. The monoisotopic (exact) mass is 349 g/mol. The smallest absolute Gasteiger partial charge is 0.345 e. The van der Waals surface area contributed by atoms with E-state index in [9.17, 15) is 18.7 Å². The number of ether oxygens (including phenoxy) is 1. The number of carbonyl (C=O) groups is 1. The highest BCUT2D eigenvalue weighted by Gasteiger charge is 2.27. The number of rotatable bonds is 6. The van der Waals surface area contributed by atoms with Crippen molar-refractivity contribution in [2.24, 2.45) is 5.92 Å². The fourth-order valence-electron chi connectivity index (χ4n) is 3.31. The number of aromatic hydroxyl groups is 1. The third kappa shape index (κ3) is 4.25. The summed E-state index contributed by atoms with van der Waals surface area (Å²) in [5.74, 6) is 0.162. The average Bonchev–Trinajstić information content (AvgIpc) is 3.08. The van der Waals surface area contributed by atoms with E-state index in [2.05, 4.69) is 4.74 Å². The summed E-state index contributed by atoms with van der Waals surface area (Å²) in [5, 5.41) is 12.1. The second-order valence-corrected chi connectivity index (χ2v) is 6.38. The number of fused-ring (bicyclic) bond motifs is 1. The van der Waals surface area contributed by atoms with Crippen LogP contribution in [0.5, 0.6) is 5.75 Å². The molecule has 6 heteroatoms. The summed E-state index contributed by atoms with van der Waals surface area (Å²) in [7, 11) is 0. The fraction of sp³-hybridized carbons (Fsp3) is 0.421. The van der Waals surface area contributed by atoms with E-state index in [4.69, 9.17) is 0 Å². The van der Waals surface area contributed by atoms with Crippen LogP contribution < -0.4 is 0 Å². The number of nitrogens with zero attached hydrogens (tertiary/aromatic N) is 1. The van der Waals surface area contributed by atoms with Gasteiger partial charge in [0.15, 0.2) is 0 Å². The van der Waals surface area contributed by atoms with Crippen LogP contribution in [0.1, 0.15) is 18.4 Å². The minimum Gasteiger partial charge on any atom is -0.507 e. The first-order chi connectivity index (χ1) is 12.0. The van der Waals surface area contributed by atoms with Crippen molar-refractivity contribution in [1.29, 1.82) is 0 Å². The van der Waals surface area contributed by atoms with E-state index < -0.39 is 6.61 Å². The van der Waals surface area contributed by atoms with E-state index >= 15 is 0 Å². The molecule has 0 bridgehead atoms. The summed E-state index contributed by atoms with van der Waals surface area (Å²) in [5.41, 5.74) is 0.740. The van der Waals surface area contributed by atoms with E-state index in [1.807, 2.05) is 36.4 Å². The SMILES string of the molecule is O=C(CCc1ccc2ccccc2c1O)N1CCC(COC(F)F)C1. The van der Waals surface area contributed by atoms with Gasteiger partial charge in [-0.15, -0.1) is 0 Å². The number of halogens is 2. The van der Waals surface area contributed by atoms with E-state index in [0.29, 0.717) is 25.9 Å². The highest BCUT2D eigenvalue weighted by Crippen LogP contribution is 2.29. The Balaban J connectivity index is 1.55. The average molecular weight is 349 g/mol. The summed E-state index contributed by atoms with van der Waals surface area (Å²) in [6.07, 6.45) is 1.41. The Morgan fingerprint density at radius 2 is 2.08 bits per heavy atom. The van der Waals surface area contributed by atoms with Crippen molar-refractivity contribution >= 4 is 16.7 Å². The topological polar surface area (TPSA) is 49.8 Å². The largest absolute Gasteiger partial charge is 0.507 e. The van der Waals surface area contributed by atoms with Gasteiger partial charge in [-0.1, -0.05) is 36.4 Å². The van der Waals surface area contributed by atoms with Crippen molar-refractivity contribution in [2.45, 2.75) is 25.9 Å². The molecule has 2 aromatic rings. The number of phenols is 1. The molecule has 1 aliphatic heterocycles. The predicted octanol–water partition coefficient (Wildman–Crippen LogP) is 3.57. The van der Waals surface area contributed by atoms with Crippen LogP contribution in [-0.4, -0.2) is 42.2 Å². The lowest BCUT2D eigenvalue weighted by Crippen LogP contribution is -2.29. The lowest BCUT2D eigenvalue weighted by molar-refractivity contribution is -0.138. The third-order valence-corrected chi connectivity index (χ3v) is 4.69. The summed E-state index contributed by atoms with van der Waals surface area (Å²) in [6.45, 7) is -1.76. The second kappa shape index (κ2) is 7.78. The van der Waals surface area contributed by atoms with Gasteiger partial charge in [-0.2, -0.15) is 8.78 Å². The number of likely N-dealkylation sites (tertiary alicyclic amines) is 1. The van der Waals surface area contributed by atoms with Crippen LogP contribution in [0, 0.1) is 5.92 Å². The molecule has 134 valence electrons. The Hall–Kier alpha value is -2.21. The first-order valence-electron chi connectivity index (χ1n) is 8.41. The van der Waals surface area contributed by atoms with Crippen LogP contribution in [0.15, 0.2) is 36.4 Å².